The first-order valence-corrected chi connectivity index (χ1v) is 8.00. The highest BCUT2D eigenvalue weighted by Crippen LogP contribution is 2.23. The Morgan fingerprint density at radius 1 is 1.37 bits per heavy atom. The molecule has 1 saturated heterocycles. The number of anilines is 2. The molecule has 1 aromatic rings. The number of carbonyl (C=O) groups is 1. The van der Waals surface area contributed by atoms with Crippen LogP contribution in [0.4, 0.5) is 11.4 Å². The highest BCUT2D eigenvalue weighted by molar-refractivity contribution is 7.92. The Balaban J connectivity index is 2.17. The van der Waals surface area contributed by atoms with E-state index in [4.69, 9.17) is 5.73 Å². The topological polar surface area (TPSA) is 89.3 Å². The maximum absolute atomic E-state index is 12.1. The predicted molar refractivity (Wildman–Crippen MR) is 75.6 cm³/mol. The highest BCUT2D eigenvalue weighted by atomic mass is 32.2. The van der Waals surface area contributed by atoms with Crippen LogP contribution in [0.2, 0.25) is 0 Å². The molecule has 1 atom stereocenters. The molecule has 1 aliphatic rings. The summed E-state index contributed by atoms with van der Waals surface area (Å²) in [7, 11) is -3.30. The molecule has 1 aromatic carbocycles. The number of rotatable bonds is 2. The molecule has 1 heterocycles. The highest BCUT2D eigenvalue weighted by Gasteiger charge is 2.34. The van der Waals surface area contributed by atoms with E-state index in [0.29, 0.717) is 24.2 Å². The summed E-state index contributed by atoms with van der Waals surface area (Å²) in [6.45, 7) is 1.82. The van der Waals surface area contributed by atoms with E-state index in [9.17, 15) is 13.2 Å². The number of nitrogens with two attached hydrogens (primary N) is 1. The van der Waals surface area contributed by atoms with Crippen molar-refractivity contribution in [3.63, 3.8) is 0 Å². The van der Waals surface area contributed by atoms with Crippen LogP contribution in [-0.4, -0.2) is 25.3 Å². The van der Waals surface area contributed by atoms with Gasteiger partial charge in [-0.25, -0.2) is 8.42 Å². The lowest BCUT2D eigenvalue weighted by Gasteiger charge is -2.21. The first-order valence-electron chi connectivity index (χ1n) is 6.29. The molecule has 1 fully saturated rings. The summed E-state index contributed by atoms with van der Waals surface area (Å²) < 4.78 is 23.7. The fraction of sp³-hybridized carbons (Fsp3) is 0.462. The molecule has 0 aromatic heterocycles. The lowest BCUT2D eigenvalue weighted by Crippen LogP contribution is -2.39. The third kappa shape index (κ3) is 3.07. The minimum atomic E-state index is -3.30. The Morgan fingerprint density at radius 2 is 2.11 bits per heavy atom. The van der Waals surface area contributed by atoms with Crippen molar-refractivity contribution in [2.75, 3.05) is 16.8 Å². The molecule has 104 valence electrons. The van der Waals surface area contributed by atoms with Gasteiger partial charge < -0.3 is 11.1 Å². The molecule has 1 aliphatic heterocycles. The smallest absolute Gasteiger partial charge is 0.242 e. The molecule has 6 heteroatoms. The Labute approximate surface area is 113 Å². The number of nitrogen functional groups attached to an aromatic ring is 1. The van der Waals surface area contributed by atoms with Crippen molar-refractivity contribution in [3.8, 4) is 0 Å². The van der Waals surface area contributed by atoms with Gasteiger partial charge in [-0.1, -0.05) is 6.42 Å². The summed E-state index contributed by atoms with van der Waals surface area (Å²) in [5.41, 5.74) is 7.68. The largest absolute Gasteiger partial charge is 0.399 e. The van der Waals surface area contributed by atoms with E-state index in [2.05, 4.69) is 5.32 Å². The molecule has 0 radical (unpaired) electrons. The lowest BCUT2D eigenvalue weighted by atomic mass is 10.1. The summed E-state index contributed by atoms with van der Waals surface area (Å²) in [6.07, 6.45) is 1.83. The van der Waals surface area contributed by atoms with Crippen molar-refractivity contribution < 1.29 is 13.2 Å². The fourth-order valence-electron chi connectivity index (χ4n) is 2.29. The number of nitrogens with one attached hydrogen (secondary N) is 1. The summed E-state index contributed by atoms with van der Waals surface area (Å²) in [4.78, 5) is 12.1. The number of hydrogen-bond donors (Lipinski definition) is 2. The fourth-order valence-corrected chi connectivity index (χ4v) is 4.09. The zero-order valence-corrected chi connectivity index (χ0v) is 11.7. The van der Waals surface area contributed by atoms with Gasteiger partial charge in [-0.2, -0.15) is 0 Å². The third-order valence-corrected chi connectivity index (χ3v) is 5.55. The van der Waals surface area contributed by atoms with Crippen LogP contribution in [0.5, 0.6) is 0 Å². The van der Waals surface area contributed by atoms with Crippen LogP contribution >= 0.6 is 0 Å². The Bertz CT molecular complexity index is 596. The quantitative estimate of drug-likeness (QED) is 0.804. The second-order valence-corrected chi connectivity index (χ2v) is 7.22. The Kier molecular flexibility index (Phi) is 3.80. The second-order valence-electron chi connectivity index (χ2n) is 4.92. The van der Waals surface area contributed by atoms with Gasteiger partial charge in [0.2, 0.25) is 5.91 Å². The van der Waals surface area contributed by atoms with Crippen LogP contribution in [0.3, 0.4) is 0 Å². The molecule has 0 saturated carbocycles. The zero-order valence-electron chi connectivity index (χ0n) is 10.8. The molecule has 0 bridgehead atoms. The first-order chi connectivity index (χ1) is 8.90. The van der Waals surface area contributed by atoms with Gasteiger partial charge >= 0.3 is 0 Å². The molecule has 3 N–H and O–H groups in total. The van der Waals surface area contributed by atoms with E-state index in [1.165, 1.54) is 0 Å². The van der Waals surface area contributed by atoms with Crippen molar-refractivity contribution in [1.82, 2.24) is 0 Å². The predicted octanol–water partition coefficient (Wildman–Crippen LogP) is 1.48. The number of carbonyl (C=O) groups excluding carboxylic acids is 1. The van der Waals surface area contributed by atoms with Crippen LogP contribution < -0.4 is 11.1 Å². The normalized spacial score (nSPS) is 21.8. The van der Waals surface area contributed by atoms with Crippen molar-refractivity contribution in [2.45, 2.75) is 31.4 Å². The average Bonchev–Trinajstić information content (AvgIpc) is 2.32. The molecular weight excluding hydrogens is 264 g/mol. The summed E-state index contributed by atoms with van der Waals surface area (Å²) >= 11 is 0. The standard InChI is InChI=1S/C13H18N2O3S/c1-9-8-10(14)5-6-11(9)15-13(16)12-4-2-3-7-19(12,17)18/h5-6,8,12H,2-4,7,14H2,1H3,(H,15,16). The number of hydrogen-bond acceptors (Lipinski definition) is 4. The van der Waals surface area contributed by atoms with Crippen LogP contribution in [0.1, 0.15) is 24.8 Å². The minimum Gasteiger partial charge on any atom is -0.399 e. The molecule has 2 rings (SSSR count). The summed E-state index contributed by atoms with van der Waals surface area (Å²) in [6, 6.07) is 5.11. The molecule has 1 unspecified atom stereocenters. The van der Waals surface area contributed by atoms with E-state index >= 15 is 0 Å². The van der Waals surface area contributed by atoms with Crippen LogP contribution in [-0.2, 0) is 14.6 Å². The van der Waals surface area contributed by atoms with E-state index < -0.39 is 21.0 Å². The maximum Gasteiger partial charge on any atom is 0.242 e. The average molecular weight is 282 g/mol. The van der Waals surface area contributed by atoms with Crippen molar-refractivity contribution in [2.24, 2.45) is 0 Å². The van der Waals surface area contributed by atoms with E-state index in [1.807, 2.05) is 6.92 Å². The van der Waals surface area contributed by atoms with Gasteiger partial charge in [0.15, 0.2) is 9.84 Å². The van der Waals surface area contributed by atoms with Gasteiger partial charge in [-0.05, 0) is 43.5 Å². The van der Waals surface area contributed by atoms with Gasteiger partial charge in [0.05, 0.1) is 5.75 Å². The Morgan fingerprint density at radius 3 is 2.74 bits per heavy atom. The summed E-state index contributed by atoms with van der Waals surface area (Å²) in [5.74, 6) is -0.334. The SMILES string of the molecule is Cc1cc(N)ccc1NC(=O)C1CCCCS1(=O)=O. The van der Waals surface area contributed by atoms with Crippen LogP contribution in [0.25, 0.3) is 0 Å². The van der Waals surface area contributed by atoms with Crippen LogP contribution in [0, 0.1) is 6.92 Å². The summed E-state index contributed by atoms with van der Waals surface area (Å²) in [5, 5.41) is 1.77. The number of aryl methyl sites for hydroxylation is 1. The van der Waals surface area contributed by atoms with Gasteiger partial charge in [-0.15, -0.1) is 0 Å². The van der Waals surface area contributed by atoms with E-state index in [-0.39, 0.29) is 5.75 Å². The van der Waals surface area contributed by atoms with E-state index in [0.717, 1.165) is 12.0 Å². The third-order valence-electron chi connectivity index (χ3n) is 3.38. The molecule has 19 heavy (non-hydrogen) atoms. The van der Waals surface area contributed by atoms with Crippen molar-refractivity contribution in [1.29, 1.82) is 0 Å². The molecule has 0 spiro atoms. The molecule has 1 amide bonds. The van der Waals surface area contributed by atoms with Crippen LogP contribution in [0.15, 0.2) is 18.2 Å². The lowest BCUT2D eigenvalue weighted by molar-refractivity contribution is -0.116. The van der Waals surface area contributed by atoms with Crippen molar-refractivity contribution in [3.05, 3.63) is 23.8 Å². The zero-order chi connectivity index (χ0) is 14.0. The Hall–Kier alpha value is -1.56. The molecular formula is C13H18N2O3S. The number of benzene rings is 1. The van der Waals surface area contributed by atoms with Gasteiger partial charge in [0.1, 0.15) is 5.25 Å². The van der Waals surface area contributed by atoms with Crippen molar-refractivity contribution >= 4 is 27.1 Å². The van der Waals surface area contributed by atoms with Gasteiger partial charge in [0.25, 0.3) is 0 Å². The first kappa shape index (κ1) is 13.9. The molecule has 5 nitrogen and oxygen atoms in total. The monoisotopic (exact) mass is 282 g/mol. The molecule has 0 aliphatic carbocycles. The minimum absolute atomic E-state index is 0.103. The number of sulfone groups is 1. The van der Waals surface area contributed by atoms with E-state index in [1.54, 1.807) is 18.2 Å². The van der Waals surface area contributed by atoms with Gasteiger partial charge in [0, 0.05) is 11.4 Å². The number of amides is 1. The second kappa shape index (κ2) is 5.21. The maximum atomic E-state index is 12.1. The van der Waals surface area contributed by atoms with Gasteiger partial charge in [-0.3, -0.25) is 4.79 Å².